The summed E-state index contributed by atoms with van der Waals surface area (Å²) in [6.45, 7) is 1.52. The van der Waals surface area contributed by atoms with E-state index in [0.29, 0.717) is 54.5 Å². The molecule has 2 aromatic heterocycles. The molecule has 0 amide bonds. The maximum absolute atomic E-state index is 13.7. The van der Waals surface area contributed by atoms with Gasteiger partial charge in [0.25, 0.3) is 5.56 Å². The van der Waals surface area contributed by atoms with Crippen molar-refractivity contribution in [1.29, 1.82) is 0 Å². The average molecular weight is 376 g/mol. The van der Waals surface area contributed by atoms with Crippen molar-refractivity contribution in [3.05, 3.63) is 68.5 Å². The second kappa shape index (κ2) is 6.59. The molecule has 0 fully saturated rings. The van der Waals surface area contributed by atoms with Gasteiger partial charge in [-0.1, -0.05) is 11.6 Å². The van der Waals surface area contributed by atoms with Crippen LogP contribution in [0.2, 0.25) is 5.02 Å². The molecule has 1 aliphatic rings. The van der Waals surface area contributed by atoms with E-state index >= 15 is 0 Å². The van der Waals surface area contributed by atoms with Crippen LogP contribution in [0.5, 0.6) is 5.75 Å². The molecule has 0 unspecified atom stereocenters. The van der Waals surface area contributed by atoms with Crippen LogP contribution in [0.3, 0.4) is 0 Å². The number of rotatable bonds is 3. The zero-order chi connectivity index (χ0) is 18.3. The van der Waals surface area contributed by atoms with Gasteiger partial charge in [-0.15, -0.1) is 0 Å². The summed E-state index contributed by atoms with van der Waals surface area (Å²) < 4.78 is 19.0. The van der Waals surface area contributed by atoms with Crippen LogP contribution >= 0.6 is 11.6 Å². The number of nitrogens with one attached hydrogen (secondary N) is 1. The Labute approximate surface area is 152 Å². The van der Waals surface area contributed by atoms with Gasteiger partial charge >= 0.3 is 0 Å². The molecule has 1 aromatic carbocycles. The van der Waals surface area contributed by atoms with Crippen LogP contribution in [0.15, 0.2) is 39.7 Å². The third-order valence-electron chi connectivity index (χ3n) is 4.39. The fourth-order valence-electron chi connectivity index (χ4n) is 3.13. The zero-order valence-electron chi connectivity index (χ0n) is 13.6. The van der Waals surface area contributed by atoms with Crippen LogP contribution in [0, 0.1) is 5.82 Å². The molecule has 3 aromatic rings. The minimum atomic E-state index is -0.750. The lowest BCUT2D eigenvalue weighted by molar-refractivity contribution is 0.240. The van der Waals surface area contributed by atoms with Gasteiger partial charge in [-0.3, -0.25) is 9.69 Å². The number of benzene rings is 1. The molecule has 3 heterocycles. The summed E-state index contributed by atoms with van der Waals surface area (Å²) in [6, 6.07) is 6.25. The lowest BCUT2D eigenvalue weighted by Crippen LogP contribution is -2.35. The highest BCUT2D eigenvalue weighted by Gasteiger charge is 2.22. The number of hydrogen-bond acceptors (Lipinski definition) is 5. The zero-order valence-corrected chi connectivity index (χ0v) is 14.4. The number of aromatic nitrogens is 2. The third-order valence-corrected chi connectivity index (χ3v) is 4.68. The molecular formula is C18H15ClFN3O3. The Morgan fingerprint density at radius 2 is 2.27 bits per heavy atom. The molecule has 4 rings (SSSR count). The fourth-order valence-corrected chi connectivity index (χ4v) is 3.36. The van der Waals surface area contributed by atoms with Crippen LogP contribution in [0.4, 0.5) is 4.39 Å². The minimum Gasteiger partial charge on any atom is -0.504 e. The molecule has 0 atom stereocenters. The van der Waals surface area contributed by atoms with Crippen molar-refractivity contribution in [1.82, 2.24) is 14.9 Å². The summed E-state index contributed by atoms with van der Waals surface area (Å²) in [7, 11) is 0. The van der Waals surface area contributed by atoms with Crippen molar-refractivity contribution < 1.29 is 13.9 Å². The van der Waals surface area contributed by atoms with Gasteiger partial charge in [0.2, 0.25) is 0 Å². The number of furan rings is 1. The molecule has 6 nitrogen and oxygen atoms in total. The Morgan fingerprint density at radius 1 is 1.42 bits per heavy atom. The number of phenolic OH excluding ortho intramolecular Hbond substituents is 1. The molecule has 0 saturated carbocycles. The van der Waals surface area contributed by atoms with E-state index in [1.807, 2.05) is 4.90 Å². The highest BCUT2D eigenvalue weighted by molar-refractivity contribution is 6.32. The largest absolute Gasteiger partial charge is 0.504 e. The lowest BCUT2D eigenvalue weighted by atomic mass is 10.1. The number of aromatic hydroxyl groups is 1. The van der Waals surface area contributed by atoms with E-state index in [0.717, 1.165) is 0 Å². The van der Waals surface area contributed by atoms with E-state index in [-0.39, 0.29) is 10.6 Å². The van der Waals surface area contributed by atoms with Gasteiger partial charge in [0.05, 0.1) is 17.0 Å². The summed E-state index contributed by atoms with van der Waals surface area (Å²) in [6.07, 6.45) is 2.06. The average Bonchev–Trinajstić information content (AvgIpc) is 3.14. The minimum absolute atomic E-state index is 0.0212. The summed E-state index contributed by atoms with van der Waals surface area (Å²) in [5.74, 6) is -0.413. The molecule has 0 bridgehead atoms. The van der Waals surface area contributed by atoms with Crippen molar-refractivity contribution in [3.8, 4) is 17.3 Å². The second-order valence-corrected chi connectivity index (χ2v) is 6.59. The number of fused-ring (bicyclic) bond motifs is 1. The fraction of sp³-hybridized carbons (Fsp3) is 0.222. The first kappa shape index (κ1) is 16.8. The lowest BCUT2D eigenvalue weighted by Gasteiger charge is -2.27. The number of nitrogens with zero attached hydrogens (tertiary/aromatic N) is 2. The van der Waals surface area contributed by atoms with E-state index < -0.39 is 11.6 Å². The number of hydrogen-bond donors (Lipinski definition) is 2. The normalized spacial score (nSPS) is 14.4. The second-order valence-electron chi connectivity index (χ2n) is 6.19. The molecule has 0 saturated heterocycles. The number of phenols is 1. The summed E-state index contributed by atoms with van der Waals surface area (Å²) in [5.41, 5.74) is 1.81. The molecule has 2 N–H and O–H groups in total. The van der Waals surface area contributed by atoms with Crippen LogP contribution in [-0.4, -0.2) is 26.5 Å². The van der Waals surface area contributed by atoms with Crippen molar-refractivity contribution in [3.63, 3.8) is 0 Å². The monoisotopic (exact) mass is 375 g/mol. The molecule has 134 valence electrons. The standard InChI is InChI=1S/C18H15ClFN3O3/c19-12-6-10(7-13(20)16(12)24)8-23-4-3-11-14(9-23)21-17(22-18(11)25)15-2-1-5-26-15/h1-2,5-7,24H,3-4,8-9H2,(H,21,22,25). The van der Waals surface area contributed by atoms with Crippen LogP contribution < -0.4 is 5.56 Å². The van der Waals surface area contributed by atoms with Gasteiger partial charge in [-0.2, -0.15) is 0 Å². The summed E-state index contributed by atoms with van der Waals surface area (Å²) in [4.78, 5) is 21.6. The molecular weight excluding hydrogens is 361 g/mol. The van der Waals surface area contributed by atoms with Gasteiger partial charge in [0, 0.05) is 25.2 Å². The summed E-state index contributed by atoms with van der Waals surface area (Å²) in [5, 5.41) is 9.42. The van der Waals surface area contributed by atoms with Crippen molar-refractivity contribution in [2.24, 2.45) is 0 Å². The number of aromatic amines is 1. The van der Waals surface area contributed by atoms with E-state index in [9.17, 15) is 14.3 Å². The van der Waals surface area contributed by atoms with Crippen molar-refractivity contribution in [2.45, 2.75) is 19.5 Å². The number of halogens is 2. The van der Waals surface area contributed by atoms with Gasteiger partial charge < -0.3 is 14.5 Å². The van der Waals surface area contributed by atoms with Gasteiger partial charge in [-0.05, 0) is 36.2 Å². The Morgan fingerprint density at radius 3 is 3.00 bits per heavy atom. The quantitative estimate of drug-likeness (QED) is 0.735. The number of H-pyrrole nitrogens is 1. The van der Waals surface area contributed by atoms with Crippen LogP contribution in [0.25, 0.3) is 11.6 Å². The first-order chi connectivity index (χ1) is 12.5. The molecule has 0 aliphatic carbocycles. The molecule has 0 radical (unpaired) electrons. The van der Waals surface area contributed by atoms with Gasteiger partial charge in [0.15, 0.2) is 23.2 Å². The van der Waals surface area contributed by atoms with Crippen molar-refractivity contribution in [2.75, 3.05) is 6.54 Å². The maximum Gasteiger partial charge on any atom is 0.254 e. The maximum atomic E-state index is 13.7. The smallest absolute Gasteiger partial charge is 0.254 e. The third kappa shape index (κ3) is 3.11. The predicted octanol–water partition coefficient (Wildman–Crippen LogP) is 3.09. The Balaban J connectivity index is 1.60. The van der Waals surface area contributed by atoms with E-state index in [1.165, 1.54) is 18.4 Å². The van der Waals surface area contributed by atoms with Gasteiger partial charge in [0.1, 0.15) is 0 Å². The molecule has 26 heavy (non-hydrogen) atoms. The highest BCUT2D eigenvalue weighted by Crippen LogP contribution is 2.29. The molecule has 0 spiro atoms. The van der Waals surface area contributed by atoms with E-state index in [1.54, 1.807) is 12.1 Å². The first-order valence-electron chi connectivity index (χ1n) is 8.06. The highest BCUT2D eigenvalue weighted by atomic mass is 35.5. The van der Waals surface area contributed by atoms with Crippen molar-refractivity contribution >= 4 is 11.6 Å². The Hall–Kier alpha value is -2.64. The van der Waals surface area contributed by atoms with E-state index in [2.05, 4.69) is 9.97 Å². The van der Waals surface area contributed by atoms with E-state index in [4.69, 9.17) is 16.0 Å². The Kier molecular flexibility index (Phi) is 4.26. The first-order valence-corrected chi connectivity index (χ1v) is 8.44. The SMILES string of the molecule is O=c1[nH]c(-c2ccco2)nc2c1CCN(Cc1cc(F)c(O)c(Cl)c1)C2. The van der Waals surface area contributed by atoms with Gasteiger partial charge in [-0.25, -0.2) is 9.37 Å². The Bertz CT molecular complexity index is 994. The summed E-state index contributed by atoms with van der Waals surface area (Å²) >= 11 is 5.84. The predicted molar refractivity (Wildman–Crippen MR) is 93.5 cm³/mol. The topological polar surface area (TPSA) is 82.4 Å². The molecule has 8 heteroatoms. The van der Waals surface area contributed by atoms with Crippen LogP contribution in [-0.2, 0) is 19.5 Å². The van der Waals surface area contributed by atoms with Crippen LogP contribution in [0.1, 0.15) is 16.8 Å². The molecule has 1 aliphatic heterocycles.